The SMILES string of the molecule is CCCOc1c(Cl)cc(C=C2NC(=O)NC2=O)cc1OC. The normalized spacial score (nSPS) is 15.9. The van der Waals surface area contributed by atoms with Gasteiger partial charge in [0.15, 0.2) is 11.5 Å². The van der Waals surface area contributed by atoms with Crippen molar-refractivity contribution in [2.45, 2.75) is 13.3 Å². The number of hydrogen-bond donors (Lipinski definition) is 2. The van der Waals surface area contributed by atoms with E-state index in [0.29, 0.717) is 28.7 Å². The lowest BCUT2D eigenvalue weighted by Gasteiger charge is -2.12. The Kier molecular flexibility index (Phi) is 4.70. The molecular weight excluding hydrogens is 296 g/mol. The minimum atomic E-state index is -0.549. The molecule has 0 bridgehead atoms. The predicted molar refractivity (Wildman–Crippen MR) is 78.4 cm³/mol. The summed E-state index contributed by atoms with van der Waals surface area (Å²) in [5.74, 6) is 0.442. The highest BCUT2D eigenvalue weighted by Gasteiger charge is 2.23. The number of ether oxygens (including phenoxy) is 2. The summed E-state index contributed by atoms with van der Waals surface area (Å²) in [7, 11) is 1.51. The van der Waals surface area contributed by atoms with Crippen LogP contribution in [0.3, 0.4) is 0 Å². The fraction of sp³-hybridized carbons (Fsp3) is 0.286. The van der Waals surface area contributed by atoms with Crippen molar-refractivity contribution in [2.24, 2.45) is 0 Å². The van der Waals surface area contributed by atoms with Crippen LogP contribution in [0, 0.1) is 0 Å². The molecule has 1 fully saturated rings. The minimum Gasteiger partial charge on any atom is -0.493 e. The number of imide groups is 1. The van der Waals surface area contributed by atoms with Crippen molar-refractivity contribution in [3.63, 3.8) is 0 Å². The third-order valence-corrected chi connectivity index (χ3v) is 3.01. The van der Waals surface area contributed by atoms with Crippen molar-refractivity contribution in [2.75, 3.05) is 13.7 Å². The average Bonchev–Trinajstić information content (AvgIpc) is 2.75. The highest BCUT2D eigenvalue weighted by molar-refractivity contribution is 6.32. The number of amides is 3. The molecule has 1 heterocycles. The Labute approximate surface area is 127 Å². The Bertz CT molecular complexity index is 613. The number of urea groups is 1. The molecule has 112 valence electrons. The molecule has 2 rings (SSSR count). The van der Waals surface area contributed by atoms with Crippen molar-refractivity contribution in [3.8, 4) is 11.5 Å². The van der Waals surface area contributed by atoms with E-state index in [9.17, 15) is 9.59 Å². The van der Waals surface area contributed by atoms with Gasteiger partial charge in [-0.1, -0.05) is 18.5 Å². The minimum absolute atomic E-state index is 0.153. The lowest BCUT2D eigenvalue weighted by Crippen LogP contribution is -2.22. The van der Waals surface area contributed by atoms with E-state index in [0.717, 1.165) is 6.42 Å². The van der Waals surface area contributed by atoms with Gasteiger partial charge in [0.2, 0.25) is 0 Å². The van der Waals surface area contributed by atoms with Crippen molar-refractivity contribution in [1.82, 2.24) is 10.6 Å². The predicted octanol–water partition coefficient (Wildman–Crippen LogP) is 2.32. The number of benzene rings is 1. The van der Waals surface area contributed by atoms with E-state index in [1.54, 1.807) is 12.1 Å². The van der Waals surface area contributed by atoms with E-state index in [1.807, 2.05) is 6.92 Å². The average molecular weight is 311 g/mol. The van der Waals surface area contributed by atoms with E-state index in [2.05, 4.69) is 10.6 Å². The van der Waals surface area contributed by atoms with Gasteiger partial charge in [-0.25, -0.2) is 4.79 Å². The Morgan fingerprint density at radius 1 is 1.29 bits per heavy atom. The van der Waals surface area contributed by atoms with Crippen LogP contribution in [0.15, 0.2) is 17.8 Å². The van der Waals surface area contributed by atoms with Crippen LogP contribution in [0.25, 0.3) is 6.08 Å². The van der Waals surface area contributed by atoms with Gasteiger partial charge in [-0.2, -0.15) is 0 Å². The molecule has 7 heteroatoms. The molecule has 21 heavy (non-hydrogen) atoms. The lowest BCUT2D eigenvalue weighted by molar-refractivity contribution is -0.115. The highest BCUT2D eigenvalue weighted by atomic mass is 35.5. The molecule has 0 unspecified atom stereocenters. The molecular formula is C14H15ClN2O4. The van der Waals surface area contributed by atoms with Crippen molar-refractivity contribution < 1.29 is 19.1 Å². The molecule has 0 aromatic heterocycles. The first kappa shape index (κ1) is 15.2. The zero-order chi connectivity index (χ0) is 15.4. The smallest absolute Gasteiger partial charge is 0.326 e. The van der Waals surface area contributed by atoms with Gasteiger partial charge >= 0.3 is 6.03 Å². The van der Waals surface area contributed by atoms with Crippen LogP contribution in [0.5, 0.6) is 11.5 Å². The monoisotopic (exact) mass is 310 g/mol. The Morgan fingerprint density at radius 2 is 2.05 bits per heavy atom. The Balaban J connectivity index is 2.34. The number of rotatable bonds is 5. The van der Waals surface area contributed by atoms with Crippen LogP contribution in [0.4, 0.5) is 4.79 Å². The standard InChI is InChI=1S/C14H15ClN2O4/c1-3-4-21-12-9(15)5-8(7-11(12)20-2)6-10-13(18)17-14(19)16-10/h5-7H,3-4H2,1-2H3,(H2,16,17,18,19). The summed E-state index contributed by atoms with van der Waals surface area (Å²) in [5.41, 5.74) is 0.772. The molecule has 0 saturated carbocycles. The van der Waals surface area contributed by atoms with E-state index >= 15 is 0 Å². The molecule has 0 aliphatic carbocycles. The fourth-order valence-corrected chi connectivity index (χ4v) is 2.09. The molecule has 1 aromatic carbocycles. The maximum Gasteiger partial charge on any atom is 0.326 e. The first-order chi connectivity index (χ1) is 10.0. The number of methoxy groups -OCH3 is 1. The van der Waals surface area contributed by atoms with E-state index in [4.69, 9.17) is 21.1 Å². The molecule has 6 nitrogen and oxygen atoms in total. The van der Waals surface area contributed by atoms with Gasteiger partial charge < -0.3 is 14.8 Å². The van der Waals surface area contributed by atoms with Crippen LogP contribution >= 0.6 is 11.6 Å². The number of hydrogen-bond acceptors (Lipinski definition) is 4. The van der Waals surface area contributed by atoms with Gasteiger partial charge in [0.1, 0.15) is 5.70 Å². The second-order valence-electron chi connectivity index (χ2n) is 4.35. The number of carbonyl (C=O) groups is 2. The Morgan fingerprint density at radius 3 is 2.62 bits per heavy atom. The summed E-state index contributed by atoms with van der Waals surface area (Å²) < 4.78 is 10.8. The molecule has 2 N–H and O–H groups in total. The molecule has 0 radical (unpaired) electrons. The van der Waals surface area contributed by atoms with Gasteiger partial charge in [0.05, 0.1) is 18.7 Å². The van der Waals surface area contributed by atoms with Gasteiger partial charge in [-0.3, -0.25) is 10.1 Å². The molecule has 3 amide bonds. The Hall–Kier alpha value is -2.21. The summed E-state index contributed by atoms with van der Waals surface area (Å²) in [6, 6.07) is 2.77. The largest absolute Gasteiger partial charge is 0.493 e. The topological polar surface area (TPSA) is 76.7 Å². The van der Waals surface area contributed by atoms with E-state index < -0.39 is 11.9 Å². The van der Waals surface area contributed by atoms with Crippen LogP contribution in [-0.4, -0.2) is 25.7 Å². The summed E-state index contributed by atoms with van der Waals surface area (Å²) in [6.45, 7) is 2.51. The molecule has 1 aliphatic rings. The van der Waals surface area contributed by atoms with Crippen molar-refractivity contribution >= 4 is 29.6 Å². The maximum atomic E-state index is 11.5. The van der Waals surface area contributed by atoms with Gasteiger partial charge in [0.25, 0.3) is 5.91 Å². The van der Waals surface area contributed by atoms with E-state index in [1.165, 1.54) is 13.2 Å². The molecule has 1 aromatic rings. The fourth-order valence-electron chi connectivity index (χ4n) is 1.82. The van der Waals surface area contributed by atoms with Crippen molar-refractivity contribution in [3.05, 3.63) is 28.4 Å². The van der Waals surface area contributed by atoms with Gasteiger partial charge in [0, 0.05) is 0 Å². The maximum absolute atomic E-state index is 11.5. The zero-order valence-corrected chi connectivity index (χ0v) is 12.4. The summed E-state index contributed by atoms with van der Waals surface area (Å²) >= 11 is 6.18. The molecule has 0 atom stereocenters. The van der Waals surface area contributed by atoms with Crippen LogP contribution in [-0.2, 0) is 4.79 Å². The molecule has 1 aliphatic heterocycles. The lowest BCUT2D eigenvalue weighted by atomic mass is 10.1. The summed E-state index contributed by atoms with van der Waals surface area (Å²) in [6.07, 6.45) is 2.36. The van der Waals surface area contributed by atoms with Crippen LogP contribution in [0.1, 0.15) is 18.9 Å². The second-order valence-corrected chi connectivity index (χ2v) is 4.76. The van der Waals surface area contributed by atoms with Crippen LogP contribution < -0.4 is 20.1 Å². The number of carbonyl (C=O) groups excluding carboxylic acids is 2. The second kappa shape index (κ2) is 6.49. The number of halogens is 1. The first-order valence-corrected chi connectivity index (χ1v) is 6.77. The quantitative estimate of drug-likeness (QED) is 0.646. The third-order valence-electron chi connectivity index (χ3n) is 2.73. The van der Waals surface area contributed by atoms with Gasteiger partial charge in [-0.15, -0.1) is 0 Å². The van der Waals surface area contributed by atoms with Crippen LogP contribution in [0.2, 0.25) is 5.02 Å². The summed E-state index contributed by atoms with van der Waals surface area (Å²) in [5, 5.41) is 4.90. The molecule has 1 saturated heterocycles. The molecule has 0 spiro atoms. The first-order valence-electron chi connectivity index (χ1n) is 6.39. The number of nitrogens with one attached hydrogen (secondary N) is 2. The zero-order valence-electron chi connectivity index (χ0n) is 11.7. The highest BCUT2D eigenvalue weighted by Crippen LogP contribution is 2.37. The van der Waals surface area contributed by atoms with Gasteiger partial charge in [-0.05, 0) is 30.2 Å². The van der Waals surface area contributed by atoms with Crippen molar-refractivity contribution in [1.29, 1.82) is 0 Å². The van der Waals surface area contributed by atoms with E-state index in [-0.39, 0.29) is 5.70 Å². The third kappa shape index (κ3) is 3.46. The summed E-state index contributed by atoms with van der Waals surface area (Å²) in [4.78, 5) is 22.5.